The average Bonchev–Trinajstić information content (AvgIpc) is 3.16. The van der Waals surface area contributed by atoms with Gasteiger partial charge in [-0.2, -0.15) is 0 Å². The number of aromatic amines is 1. The van der Waals surface area contributed by atoms with E-state index in [1.807, 2.05) is 24.4 Å². The fourth-order valence-corrected chi connectivity index (χ4v) is 4.10. The predicted octanol–water partition coefficient (Wildman–Crippen LogP) is 4.50. The molecule has 3 heterocycles. The van der Waals surface area contributed by atoms with Crippen molar-refractivity contribution >= 4 is 27.6 Å². The summed E-state index contributed by atoms with van der Waals surface area (Å²) < 4.78 is 0. The first-order valence-electron chi connectivity index (χ1n) is 10.1. The van der Waals surface area contributed by atoms with E-state index in [0.717, 1.165) is 58.6 Å². The molecular formula is C23H25N5. The number of nitrogens with zero attached hydrogens (tertiary/aromatic N) is 2. The van der Waals surface area contributed by atoms with Crippen molar-refractivity contribution in [2.24, 2.45) is 5.92 Å². The van der Waals surface area contributed by atoms with Crippen molar-refractivity contribution in [1.29, 1.82) is 0 Å². The van der Waals surface area contributed by atoms with Crippen LogP contribution in [-0.4, -0.2) is 34.6 Å². The summed E-state index contributed by atoms with van der Waals surface area (Å²) in [5.41, 5.74) is 6.41. The van der Waals surface area contributed by atoms with Crippen LogP contribution in [0, 0.1) is 12.8 Å². The molecule has 4 aromatic rings. The predicted molar refractivity (Wildman–Crippen MR) is 116 cm³/mol. The number of aryl methyl sites for hydroxylation is 1. The third-order valence-electron chi connectivity index (χ3n) is 5.63. The first kappa shape index (κ1) is 17.2. The molecule has 0 aliphatic carbocycles. The first-order valence-corrected chi connectivity index (χ1v) is 10.1. The number of fused-ring (bicyclic) bond motifs is 2. The number of imidazole rings is 1. The minimum absolute atomic E-state index is 0.644. The van der Waals surface area contributed by atoms with Crippen LogP contribution in [0.4, 0.5) is 5.69 Å². The maximum Gasteiger partial charge on any atom is 0.142 e. The SMILES string of the molecule is Cc1ccc2ncc(-c3nc4ccccc4[nH]3)c(NCC3CCCNC3)c2c1. The van der Waals surface area contributed by atoms with Gasteiger partial charge in [-0.3, -0.25) is 4.98 Å². The van der Waals surface area contributed by atoms with Crippen molar-refractivity contribution in [3.05, 3.63) is 54.2 Å². The minimum atomic E-state index is 0.644. The highest BCUT2D eigenvalue weighted by Gasteiger charge is 2.17. The van der Waals surface area contributed by atoms with Crippen molar-refractivity contribution in [2.45, 2.75) is 19.8 Å². The number of aromatic nitrogens is 3. The number of anilines is 1. The summed E-state index contributed by atoms with van der Waals surface area (Å²) in [5, 5.41) is 8.42. The number of para-hydroxylation sites is 2. The van der Waals surface area contributed by atoms with Gasteiger partial charge in [-0.25, -0.2) is 4.98 Å². The van der Waals surface area contributed by atoms with Crippen molar-refractivity contribution in [3.8, 4) is 11.4 Å². The number of piperidine rings is 1. The number of pyridine rings is 1. The lowest BCUT2D eigenvalue weighted by atomic mass is 9.99. The van der Waals surface area contributed by atoms with Crippen LogP contribution in [0.25, 0.3) is 33.3 Å². The van der Waals surface area contributed by atoms with Crippen molar-refractivity contribution in [3.63, 3.8) is 0 Å². The Hall–Kier alpha value is -2.92. The van der Waals surface area contributed by atoms with E-state index in [9.17, 15) is 0 Å². The molecule has 1 unspecified atom stereocenters. The molecule has 2 aromatic heterocycles. The lowest BCUT2D eigenvalue weighted by molar-refractivity contribution is 0.393. The van der Waals surface area contributed by atoms with Gasteiger partial charge in [0.1, 0.15) is 5.82 Å². The molecule has 0 bridgehead atoms. The largest absolute Gasteiger partial charge is 0.384 e. The molecule has 5 nitrogen and oxygen atoms in total. The van der Waals surface area contributed by atoms with Crippen LogP contribution in [-0.2, 0) is 0 Å². The summed E-state index contributed by atoms with van der Waals surface area (Å²) in [7, 11) is 0. The Labute approximate surface area is 164 Å². The van der Waals surface area contributed by atoms with E-state index in [2.05, 4.69) is 46.8 Å². The van der Waals surface area contributed by atoms with Crippen LogP contribution >= 0.6 is 0 Å². The monoisotopic (exact) mass is 371 g/mol. The van der Waals surface area contributed by atoms with Gasteiger partial charge in [-0.15, -0.1) is 0 Å². The highest BCUT2D eigenvalue weighted by molar-refractivity contribution is 5.99. The van der Waals surface area contributed by atoms with Crippen LogP contribution in [0.2, 0.25) is 0 Å². The Morgan fingerprint density at radius 3 is 2.93 bits per heavy atom. The second-order valence-electron chi connectivity index (χ2n) is 7.76. The van der Waals surface area contributed by atoms with Crippen molar-refractivity contribution < 1.29 is 0 Å². The molecule has 2 aromatic carbocycles. The van der Waals surface area contributed by atoms with E-state index in [1.165, 1.54) is 18.4 Å². The van der Waals surface area contributed by atoms with Crippen molar-refractivity contribution in [1.82, 2.24) is 20.3 Å². The Morgan fingerprint density at radius 1 is 1.14 bits per heavy atom. The zero-order valence-electron chi connectivity index (χ0n) is 16.1. The standard InChI is InChI=1S/C23H25N5/c1-15-8-9-19-17(11-15)22(26-13-16-5-4-10-24-12-16)18(14-25-19)23-27-20-6-2-3-7-21(20)28-23/h2-3,6-9,11,14,16,24H,4-5,10,12-13H2,1H3,(H,25,26)(H,27,28). The quantitative estimate of drug-likeness (QED) is 0.494. The van der Waals surface area contributed by atoms with Gasteiger partial charge in [0.15, 0.2) is 0 Å². The molecule has 3 N–H and O–H groups in total. The highest BCUT2D eigenvalue weighted by Crippen LogP contribution is 2.34. The molecule has 1 atom stereocenters. The Morgan fingerprint density at radius 2 is 2.07 bits per heavy atom. The molecule has 0 spiro atoms. The molecular weight excluding hydrogens is 346 g/mol. The van der Waals surface area contributed by atoms with Crippen molar-refractivity contribution in [2.75, 3.05) is 25.0 Å². The summed E-state index contributed by atoms with van der Waals surface area (Å²) in [5.74, 6) is 1.51. The van der Waals surface area contributed by atoms with Crippen LogP contribution < -0.4 is 10.6 Å². The molecule has 1 aliphatic rings. The summed E-state index contributed by atoms with van der Waals surface area (Å²) in [6.07, 6.45) is 4.46. The lowest BCUT2D eigenvalue weighted by Gasteiger charge is -2.24. The number of hydrogen-bond donors (Lipinski definition) is 3. The van der Waals surface area contributed by atoms with Gasteiger partial charge in [0, 0.05) is 18.1 Å². The van der Waals surface area contributed by atoms with Gasteiger partial charge >= 0.3 is 0 Å². The van der Waals surface area contributed by atoms with E-state index in [0.29, 0.717) is 5.92 Å². The third kappa shape index (κ3) is 3.22. The van der Waals surface area contributed by atoms with E-state index in [1.54, 1.807) is 0 Å². The molecule has 0 amide bonds. The van der Waals surface area contributed by atoms with E-state index >= 15 is 0 Å². The molecule has 1 fully saturated rings. The zero-order chi connectivity index (χ0) is 18.9. The fourth-order valence-electron chi connectivity index (χ4n) is 4.10. The van der Waals surface area contributed by atoms with Gasteiger partial charge in [-0.1, -0.05) is 23.8 Å². The summed E-state index contributed by atoms with van der Waals surface area (Å²) >= 11 is 0. The summed E-state index contributed by atoms with van der Waals surface area (Å²) in [6, 6.07) is 14.6. The second-order valence-corrected chi connectivity index (χ2v) is 7.76. The maximum atomic E-state index is 4.82. The van der Waals surface area contributed by atoms with Gasteiger partial charge in [0.25, 0.3) is 0 Å². The first-order chi connectivity index (χ1) is 13.8. The molecule has 142 valence electrons. The molecule has 1 saturated heterocycles. The van der Waals surface area contributed by atoms with Crippen LogP contribution in [0.3, 0.4) is 0 Å². The molecule has 5 rings (SSSR count). The van der Waals surface area contributed by atoms with E-state index in [-0.39, 0.29) is 0 Å². The zero-order valence-corrected chi connectivity index (χ0v) is 16.1. The van der Waals surface area contributed by atoms with Gasteiger partial charge < -0.3 is 15.6 Å². The minimum Gasteiger partial charge on any atom is -0.384 e. The fraction of sp³-hybridized carbons (Fsp3) is 0.304. The Balaban J connectivity index is 1.60. The molecule has 28 heavy (non-hydrogen) atoms. The second kappa shape index (κ2) is 7.24. The number of H-pyrrole nitrogens is 1. The topological polar surface area (TPSA) is 65.6 Å². The summed E-state index contributed by atoms with van der Waals surface area (Å²) in [6.45, 7) is 5.29. The smallest absolute Gasteiger partial charge is 0.142 e. The average molecular weight is 371 g/mol. The normalized spacial score (nSPS) is 17.2. The van der Waals surface area contributed by atoms with Gasteiger partial charge in [0.05, 0.1) is 27.8 Å². The van der Waals surface area contributed by atoms with E-state index < -0.39 is 0 Å². The van der Waals surface area contributed by atoms with Crippen LogP contribution in [0.1, 0.15) is 18.4 Å². The Bertz CT molecular complexity index is 1090. The lowest BCUT2D eigenvalue weighted by Crippen LogP contribution is -2.33. The number of rotatable bonds is 4. The Kier molecular flexibility index (Phi) is 4.45. The number of nitrogens with one attached hydrogen (secondary N) is 3. The number of benzene rings is 2. The highest BCUT2D eigenvalue weighted by atomic mass is 15.0. The molecule has 0 saturated carbocycles. The molecule has 0 radical (unpaired) electrons. The van der Waals surface area contributed by atoms with E-state index in [4.69, 9.17) is 9.97 Å². The molecule has 1 aliphatic heterocycles. The molecule has 5 heteroatoms. The van der Waals surface area contributed by atoms with Crippen LogP contribution in [0.5, 0.6) is 0 Å². The van der Waals surface area contributed by atoms with Gasteiger partial charge in [-0.05, 0) is 63.0 Å². The number of hydrogen-bond acceptors (Lipinski definition) is 4. The summed E-state index contributed by atoms with van der Waals surface area (Å²) in [4.78, 5) is 13.0. The third-order valence-corrected chi connectivity index (χ3v) is 5.63. The van der Waals surface area contributed by atoms with Gasteiger partial charge in [0.2, 0.25) is 0 Å². The maximum absolute atomic E-state index is 4.82. The van der Waals surface area contributed by atoms with Crippen LogP contribution in [0.15, 0.2) is 48.7 Å².